The summed E-state index contributed by atoms with van der Waals surface area (Å²) in [5.74, 6) is 0.195. The van der Waals surface area contributed by atoms with Gasteiger partial charge in [-0.15, -0.1) is 10.2 Å². The fraction of sp³-hybridized carbons (Fsp3) is 0.286. The van der Waals surface area contributed by atoms with Gasteiger partial charge in [-0.1, -0.05) is 0 Å². The summed E-state index contributed by atoms with van der Waals surface area (Å²) in [5, 5.41) is 21.6. The van der Waals surface area contributed by atoms with Crippen molar-refractivity contribution in [3.05, 3.63) is 43.0 Å². The number of aromatic amines is 1. The number of nitro groups is 1. The Labute approximate surface area is 97.8 Å². The molecular weight excluding hydrogens is 246 g/mol. The number of H-pyrrole nitrogens is 1. The predicted octanol–water partition coefficient (Wildman–Crippen LogP) is -1.98. The fourth-order valence-corrected chi connectivity index (χ4v) is 1.28. The average molecular weight is 253 g/mol. The van der Waals surface area contributed by atoms with Crippen LogP contribution in [0.2, 0.25) is 0 Å². The summed E-state index contributed by atoms with van der Waals surface area (Å²) in [4.78, 5) is 35.3. The van der Waals surface area contributed by atoms with Gasteiger partial charge in [-0.05, 0) is 5.21 Å². The first-order valence-electron chi connectivity index (χ1n) is 4.68. The van der Waals surface area contributed by atoms with E-state index >= 15 is 0 Å². The Morgan fingerprint density at radius 2 is 2.22 bits per heavy atom. The van der Waals surface area contributed by atoms with Gasteiger partial charge in [0, 0.05) is 0 Å². The van der Waals surface area contributed by atoms with Gasteiger partial charge in [0.1, 0.15) is 0 Å². The zero-order valence-corrected chi connectivity index (χ0v) is 9.10. The van der Waals surface area contributed by atoms with Crippen LogP contribution in [0.25, 0.3) is 0 Å². The lowest BCUT2D eigenvalue weighted by Crippen LogP contribution is -2.31. The monoisotopic (exact) mass is 253 g/mol. The molecule has 94 valence electrons. The van der Waals surface area contributed by atoms with E-state index in [9.17, 15) is 19.7 Å². The minimum Gasteiger partial charge on any atom is -0.286 e. The lowest BCUT2D eigenvalue weighted by Gasteiger charge is -2.00. The molecule has 11 heteroatoms. The molecule has 2 aromatic rings. The van der Waals surface area contributed by atoms with Crippen LogP contribution in [0, 0.1) is 10.1 Å². The maximum absolute atomic E-state index is 11.4. The van der Waals surface area contributed by atoms with E-state index < -0.39 is 21.9 Å². The topological polar surface area (TPSA) is 142 Å². The first-order chi connectivity index (χ1) is 8.47. The number of hydrogen-bond donors (Lipinski definition) is 1. The van der Waals surface area contributed by atoms with Gasteiger partial charge in [0.2, 0.25) is 0 Å². The maximum Gasteiger partial charge on any atom is 0.350 e. The molecule has 0 saturated heterocycles. The molecule has 0 spiro atoms. The molecule has 0 unspecified atom stereocenters. The minimum absolute atomic E-state index is 0.121. The summed E-state index contributed by atoms with van der Waals surface area (Å²) >= 11 is 0. The molecule has 0 fully saturated rings. The summed E-state index contributed by atoms with van der Waals surface area (Å²) in [5.41, 5.74) is -2.55. The zero-order chi connectivity index (χ0) is 13.3. The van der Waals surface area contributed by atoms with Crippen LogP contribution in [-0.2, 0) is 13.6 Å². The Kier molecular flexibility index (Phi) is 2.71. The van der Waals surface area contributed by atoms with Crippen molar-refractivity contribution in [2.75, 3.05) is 0 Å². The van der Waals surface area contributed by atoms with Crippen molar-refractivity contribution in [3.8, 4) is 0 Å². The van der Waals surface area contributed by atoms with E-state index in [0.717, 1.165) is 10.8 Å². The van der Waals surface area contributed by atoms with E-state index in [1.165, 1.54) is 11.8 Å². The molecule has 0 saturated carbocycles. The number of aromatic nitrogens is 6. The molecule has 11 nitrogen and oxygen atoms in total. The second kappa shape index (κ2) is 4.20. The average Bonchev–Trinajstić information content (AvgIpc) is 2.67. The van der Waals surface area contributed by atoms with Crippen molar-refractivity contribution in [2.24, 2.45) is 7.05 Å². The highest BCUT2D eigenvalue weighted by molar-refractivity contribution is 5.20. The van der Waals surface area contributed by atoms with Crippen LogP contribution < -0.4 is 11.2 Å². The van der Waals surface area contributed by atoms with Crippen LogP contribution in [0.4, 0.5) is 5.69 Å². The summed E-state index contributed by atoms with van der Waals surface area (Å²) in [6, 6.07) is 0. The van der Waals surface area contributed by atoms with Gasteiger partial charge in [-0.3, -0.25) is 24.5 Å². The molecule has 0 bridgehead atoms. The van der Waals surface area contributed by atoms with Gasteiger partial charge in [0.05, 0.1) is 24.7 Å². The summed E-state index contributed by atoms with van der Waals surface area (Å²) < 4.78 is 0.927. The van der Waals surface area contributed by atoms with E-state index in [1.54, 1.807) is 0 Å². The fourth-order valence-electron chi connectivity index (χ4n) is 1.28. The molecular formula is C7H7N7O4. The molecule has 1 N–H and O–H groups in total. The highest BCUT2D eigenvalue weighted by atomic mass is 16.6. The van der Waals surface area contributed by atoms with Crippen molar-refractivity contribution >= 4 is 5.69 Å². The van der Waals surface area contributed by atoms with Crippen LogP contribution >= 0.6 is 0 Å². The van der Waals surface area contributed by atoms with E-state index in [0.29, 0.717) is 0 Å². The SMILES string of the molecule is Cn1nnc(Cn2cc([N+](=O)[O-])c(=O)[nH]c2=O)n1. The second-order valence-electron chi connectivity index (χ2n) is 3.35. The molecule has 0 atom stereocenters. The number of nitrogens with zero attached hydrogens (tertiary/aromatic N) is 6. The first kappa shape index (κ1) is 11.6. The molecule has 0 aliphatic carbocycles. The zero-order valence-electron chi connectivity index (χ0n) is 9.10. The van der Waals surface area contributed by atoms with Gasteiger partial charge in [-0.2, -0.15) is 4.80 Å². The lowest BCUT2D eigenvalue weighted by molar-refractivity contribution is -0.386. The van der Waals surface area contributed by atoms with Crippen LogP contribution in [0.15, 0.2) is 15.8 Å². The van der Waals surface area contributed by atoms with Crippen molar-refractivity contribution in [3.63, 3.8) is 0 Å². The summed E-state index contributed by atoms with van der Waals surface area (Å²) in [6.45, 7) is -0.121. The standard InChI is InChI=1S/C7H7N7O4/c1-12-10-5(9-11-12)3-13-2-4(14(17)18)6(15)8-7(13)16/h2H,3H2,1H3,(H,8,15,16). The molecule has 0 aliphatic rings. The number of tetrazole rings is 1. The van der Waals surface area contributed by atoms with Crippen LogP contribution in [0.1, 0.15) is 5.82 Å². The van der Waals surface area contributed by atoms with Gasteiger partial charge < -0.3 is 0 Å². The molecule has 2 rings (SSSR count). The van der Waals surface area contributed by atoms with Crippen molar-refractivity contribution < 1.29 is 4.92 Å². The van der Waals surface area contributed by atoms with Gasteiger partial charge >= 0.3 is 16.9 Å². The highest BCUT2D eigenvalue weighted by Gasteiger charge is 2.15. The van der Waals surface area contributed by atoms with Crippen molar-refractivity contribution in [2.45, 2.75) is 6.54 Å². The predicted molar refractivity (Wildman–Crippen MR) is 55.9 cm³/mol. The van der Waals surface area contributed by atoms with Crippen LogP contribution in [-0.4, -0.2) is 34.7 Å². The number of nitrogens with one attached hydrogen (secondary N) is 1. The Hall–Kier alpha value is -2.85. The van der Waals surface area contributed by atoms with Gasteiger partial charge in [-0.25, -0.2) is 4.79 Å². The number of rotatable bonds is 3. The third-order valence-corrected chi connectivity index (χ3v) is 2.05. The second-order valence-corrected chi connectivity index (χ2v) is 3.35. The third-order valence-electron chi connectivity index (χ3n) is 2.05. The molecule has 0 amide bonds. The molecule has 0 aliphatic heterocycles. The molecule has 2 heterocycles. The highest BCUT2D eigenvalue weighted by Crippen LogP contribution is 2.00. The van der Waals surface area contributed by atoms with Gasteiger partial charge in [0.25, 0.3) is 0 Å². The number of hydrogen-bond acceptors (Lipinski definition) is 7. The lowest BCUT2D eigenvalue weighted by atomic mass is 10.5. The van der Waals surface area contributed by atoms with Crippen LogP contribution in [0.3, 0.4) is 0 Å². The van der Waals surface area contributed by atoms with E-state index in [2.05, 4.69) is 15.4 Å². The summed E-state index contributed by atoms with van der Waals surface area (Å²) in [6.07, 6.45) is 0.845. The normalized spacial score (nSPS) is 10.5. The maximum atomic E-state index is 11.4. The van der Waals surface area contributed by atoms with Gasteiger partial charge in [0.15, 0.2) is 5.82 Å². The summed E-state index contributed by atoms with van der Waals surface area (Å²) in [7, 11) is 1.54. The minimum atomic E-state index is -1.05. The first-order valence-corrected chi connectivity index (χ1v) is 4.68. The molecule has 0 aromatic carbocycles. The smallest absolute Gasteiger partial charge is 0.286 e. The Bertz CT molecular complexity index is 711. The van der Waals surface area contributed by atoms with E-state index in [4.69, 9.17) is 0 Å². The Balaban J connectivity index is 2.45. The number of aryl methyl sites for hydroxylation is 1. The van der Waals surface area contributed by atoms with Crippen molar-refractivity contribution in [1.82, 2.24) is 29.8 Å². The third kappa shape index (κ3) is 2.14. The van der Waals surface area contributed by atoms with Crippen molar-refractivity contribution in [1.29, 1.82) is 0 Å². The molecule has 2 aromatic heterocycles. The molecule has 18 heavy (non-hydrogen) atoms. The van der Waals surface area contributed by atoms with E-state index in [1.807, 2.05) is 4.98 Å². The largest absolute Gasteiger partial charge is 0.350 e. The molecule has 0 radical (unpaired) electrons. The van der Waals surface area contributed by atoms with Crippen LogP contribution in [0.5, 0.6) is 0 Å². The Morgan fingerprint density at radius 3 is 2.78 bits per heavy atom. The quantitative estimate of drug-likeness (QED) is 0.493. The Morgan fingerprint density at radius 1 is 1.50 bits per heavy atom. The van der Waals surface area contributed by atoms with E-state index in [-0.39, 0.29) is 12.4 Å².